The Hall–Kier alpha value is 0.180. The molecule has 50 valence electrons. The number of hydrogen-bond acceptors (Lipinski definition) is 1. The van der Waals surface area contributed by atoms with Crippen molar-refractivity contribution in [3.63, 3.8) is 0 Å². The van der Waals surface area contributed by atoms with Gasteiger partial charge in [0.25, 0.3) is 0 Å². The molecule has 1 unspecified atom stereocenters. The SMILES string of the molecule is Br.C=CC(N)C(C)C. The third-order valence-electron chi connectivity index (χ3n) is 1.04. The molecule has 0 aliphatic rings. The van der Waals surface area contributed by atoms with E-state index in [1.165, 1.54) is 0 Å². The van der Waals surface area contributed by atoms with Crippen LogP contribution in [0.2, 0.25) is 0 Å². The van der Waals surface area contributed by atoms with Crippen LogP contribution in [0.25, 0.3) is 0 Å². The molecule has 0 saturated heterocycles. The van der Waals surface area contributed by atoms with Crippen molar-refractivity contribution in [3.05, 3.63) is 12.7 Å². The molecular weight excluding hydrogens is 166 g/mol. The van der Waals surface area contributed by atoms with Crippen LogP contribution < -0.4 is 5.73 Å². The molecule has 2 N–H and O–H groups in total. The zero-order valence-corrected chi connectivity index (χ0v) is 7.14. The lowest BCUT2D eigenvalue weighted by molar-refractivity contribution is 0.572. The Morgan fingerprint density at radius 1 is 1.50 bits per heavy atom. The van der Waals surface area contributed by atoms with E-state index < -0.39 is 0 Å². The van der Waals surface area contributed by atoms with Crippen LogP contribution in [-0.4, -0.2) is 6.04 Å². The zero-order valence-electron chi connectivity index (χ0n) is 5.42. The molecule has 0 aliphatic heterocycles. The summed E-state index contributed by atoms with van der Waals surface area (Å²) in [6, 6.07) is 0.167. The molecule has 0 aliphatic carbocycles. The summed E-state index contributed by atoms with van der Waals surface area (Å²) in [6.45, 7) is 7.71. The van der Waals surface area contributed by atoms with Crippen molar-refractivity contribution < 1.29 is 0 Å². The number of halogens is 1. The van der Waals surface area contributed by atoms with Gasteiger partial charge in [-0.25, -0.2) is 0 Å². The lowest BCUT2D eigenvalue weighted by Gasteiger charge is -2.07. The highest BCUT2D eigenvalue weighted by atomic mass is 79.9. The van der Waals surface area contributed by atoms with Gasteiger partial charge in [0, 0.05) is 6.04 Å². The van der Waals surface area contributed by atoms with Gasteiger partial charge in [0.15, 0.2) is 0 Å². The smallest absolute Gasteiger partial charge is 0.0244 e. The Labute approximate surface area is 61.7 Å². The van der Waals surface area contributed by atoms with E-state index in [-0.39, 0.29) is 23.0 Å². The van der Waals surface area contributed by atoms with Crippen molar-refractivity contribution in [3.8, 4) is 0 Å². The Morgan fingerprint density at radius 2 is 1.88 bits per heavy atom. The maximum atomic E-state index is 5.50. The second kappa shape index (κ2) is 5.32. The van der Waals surface area contributed by atoms with E-state index in [0.717, 1.165) is 0 Å². The minimum Gasteiger partial charge on any atom is -0.324 e. The first-order valence-electron chi connectivity index (χ1n) is 2.56. The van der Waals surface area contributed by atoms with Crippen molar-refractivity contribution in [2.24, 2.45) is 11.7 Å². The van der Waals surface area contributed by atoms with Crippen LogP contribution in [0.5, 0.6) is 0 Å². The Balaban J connectivity index is 0. The number of nitrogens with two attached hydrogens (primary N) is 1. The third-order valence-corrected chi connectivity index (χ3v) is 1.04. The van der Waals surface area contributed by atoms with Crippen molar-refractivity contribution in [1.82, 2.24) is 0 Å². The van der Waals surface area contributed by atoms with Crippen LogP contribution in [0, 0.1) is 5.92 Å². The molecule has 0 heterocycles. The van der Waals surface area contributed by atoms with E-state index in [0.29, 0.717) is 5.92 Å². The van der Waals surface area contributed by atoms with Gasteiger partial charge in [0.2, 0.25) is 0 Å². The standard InChI is InChI=1S/C6H13N.BrH/c1-4-6(7)5(2)3;/h4-6H,1,7H2,2-3H3;1H. The largest absolute Gasteiger partial charge is 0.324 e. The summed E-state index contributed by atoms with van der Waals surface area (Å²) < 4.78 is 0. The van der Waals surface area contributed by atoms with Crippen LogP contribution >= 0.6 is 17.0 Å². The van der Waals surface area contributed by atoms with Gasteiger partial charge in [-0.15, -0.1) is 23.6 Å². The Morgan fingerprint density at radius 3 is 1.88 bits per heavy atom. The fourth-order valence-electron chi connectivity index (χ4n) is 0.272. The van der Waals surface area contributed by atoms with Gasteiger partial charge in [-0.1, -0.05) is 19.9 Å². The molecule has 1 nitrogen and oxygen atoms in total. The summed E-state index contributed by atoms with van der Waals surface area (Å²) in [5.74, 6) is 0.525. The van der Waals surface area contributed by atoms with Crippen molar-refractivity contribution in [2.75, 3.05) is 0 Å². The van der Waals surface area contributed by atoms with Gasteiger partial charge in [0.05, 0.1) is 0 Å². The molecule has 0 radical (unpaired) electrons. The Kier molecular flexibility index (Phi) is 7.34. The predicted octanol–water partition coefficient (Wildman–Crippen LogP) is 1.73. The lowest BCUT2D eigenvalue weighted by atomic mass is 10.1. The molecule has 0 rings (SSSR count). The van der Waals surface area contributed by atoms with E-state index >= 15 is 0 Å². The number of rotatable bonds is 2. The van der Waals surface area contributed by atoms with Gasteiger partial charge < -0.3 is 5.73 Å². The van der Waals surface area contributed by atoms with E-state index in [9.17, 15) is 0 Å². The summed E-state index contributed by atoms with van der Waals surface area (Å²) in [4.78, 5) is 0. The Bertz CT molecular complexity index is 61.5. The second-order valence-electron chi connectivity index (χ2n) is 2.06. The first-order valence-corrected chi connectivity index (χ1v) is 2.56. The monoisotopic (exact) mass is 179 g/mol. The summed E-state index contributed by atoms with van der Waals surface area (Å²) >= 11 is 0. The van der Waals surface area contributed by atoms with Gasteiger partial charge in [-0.2, -0.15) is 0 Å². The molecular formula is C6H14BrN. The van der Waals surface area contributed by atoms with Crippen LogP contribution in [0.4, 0.5) is 0 Å². The first-order chi connectivity index (χ1) is 3.18. The minimum absolute atomic E-state index is 0. The normalized spacial score (nSPS) is 12.5. The van der Waals surface area contributed by atoms with Crippen molar-refractivity contribution >= 4 is 17.0 Å². The number of hydrogen-bond donors (Lipinski definition) is 1. The molecule has 0 saturated carbocycles. The molecule has 1 atom stereocenters. The van der Waals surface area contributed by atoms with Gasteiger partial charge in [0.1, 0.15) is 0 Å². The summed E-state index contributed by atoms with van der Waals surface area (Å²) in [7, 11) is 0. The van der Waals surface area contributed by atoms with Crippen molar-refractivity contribution in [1.29, 1.82) is 0 Å². The van der Waals surface area contributed by atoms with Crippen LogP contribution in [0.3, 0.4) is 0 Å². The van der Waals surface area contributed by atoms with Gasteiger partial charge in [-0.3, -0.25) is 0 Å². The quantitative estimate of drug-likeness (QED) is 0.643. The molecule has 8 heavy (non-hydrogen) atoms. The lowest BCUT2D eigenvalue weighted by Crippen LogP contribution is -2.22. The molecule has 2 heteroatoms. The second-order valence-corrected chi connectivity index (χ2v) is 2.06. The molecule has 0 aromatic heterocycles. The summed E-state index contributed by atoms with van der Waals surface area (Å²) in [6.07, 6.45) is 1.77. The summed E-state index contributed by atoms with van der Waals surface area (Å²) in [5.41, 5.74) is 5.50. The predicted molar refractivity (Wildman–Crippen MR) is 43.3 cm³/mol. The van der Waals surface area contributed by atoms with Gasteiger partial charge in [-0.05, 0) is 5.92 Å². The van der Waals surface area contributed by atoms with Crippen molar-refractivity contribution in [2.45, 2.75) is 19.9 Å². The highest BCUT2D eigenvalue weighted by Crippen LogP contribution is 1.96. The highest BCUT2D eigenvalue weighted by Gasteiger charge is 1.98. The fraction of sp³-hybridized carbons (Fsp3) is 0.667. The average Bonchev–Trinajstić information content (AvgIpc) is 1.65. The van der Waals surface area contributed by atoms with E-state index in [1.807, 2.05) is 0 Å². The van der Waals surface area contributed by atoms with Crippen LogP contribution in [-0.2, 0) is 0 Å². The van der Waals surface area contributed by atoms with E-state index in [2.05, 4.69) is 20.4 Å². The maximum Gasteiger partial charge on any atom is 0.0244 e. The molecule has 0 bridgehead atoms. The van der Waals surface area contributed by atoms with E-state index in [1.54, 1.807) is 6.08 Å². The van der Waals surface area contributed by atoms with Crippen LogP contribution in [0.1, 0.15) is 13.8 Å². The average molecular weight is 180 g/mol. The molecule has 0 aromatic carbocycles. The highest BCUT2D eigenvalue weighted by molar-refractivity contribution is 8.93. The third kappa shape index (κ3) is 4.34. The van der Waals surface area contributed by atoms with E-state index in [4.69, 9.17) is 5.73 Å². The summed E-state index contributed by atoms with van der Waals surface area (Å²) in [5, 5.41) is 0. The fourth-order valence-corrected chi connectivity index (χ4v) is 0.272. The minimum atomic E-state index is 0. The molecule has 0 fully saturated rings. The topological polar surface area (TPSA) is 26.0 Å². The molecule has 0 spiro atoms. The van der Waals surface area contributed by atoms with Crippen LogP contribution in [0.15, 0.2) is 12.7 Å². The molecule has 0 amide bonds. The molecule has 0 aromatic rings. The van der Waals surface area contributed by atoms with Gasteiger partial charge >= 0.3 is 0 Å². The zero-order chi connectivity index (χ0) is 5.86. The maximum absolute atomic E-state index is 5.50. The first kappa shape index (κ1) is 11.0.